The van der Waals surface area contributed by atoms with Crippen LogP contribution in [0.1, 0.15) is 22.5 Å². The molecule has 0 amide bonds. The van der Waals surface area contributed by atoms with E-state index in [1.54, 1.807) is 18.4 Å². The smallest absolute Gasteiger partial charge is 0.194 e. The molecule has 0 unspecified atom stereocenters. The number of hydrogen-bond acceptors (Lipinski definition) is 3. The molecular formula is C15H23ClIN5S. The molecule has 1 N–H and O–H groups in total. The van der Waals surface area contributed by atoms with Crippen LogP contribution in [0, 0.1) is 0 Å². The van der Waals surface area contributed by atoms with Crippen LogP contribution < -0.4 is 5.32 Å². The van der Waals surface area contributed by atoms with E-state index in [1.165, 1.54) is 4.88 Å². The molecule has 2 rings (SSSR count). The molecule has 0 aliphatic heterocycles. The molecule has 0 saturated heterocycles. The summed E-state index contributed by atoms with van der Waals surface area (Å²) in [5.41, 5.74) is 1.14. The van der Waals surface area contributed by atoms with Crippen molar-refractivity contribution in [1.29, 1.82) is 0 Å². The molecule has 128 valence electrons. The van der Waals surface area contributed by atoms with Crippen LogP contribution in [0.2, 0.25) is 5.02 Å². The fourth-order valence-corrected chi connectivity index (χ4v) is 3.25. The Morgan fingerprint density at radius 1 is 1.52 bits per heavy atom. The first kappa shape index (κ1) is 20.2. The van der Waals surface area contributed by atoms with Crippen molar-refractivity contribution in [1.82, 2.24) is 19.8 Å². The average Bonchev–Trinajstić information content (AvgIpc) is 3.06. The Kier molecular flexibility index (Phi) is 8.35. The van der Waals surface area contributed by atoms with Gasteiger partial charge in [-0.3, -0.25) is 4.99 Å². The maximum absolute atomic E-state index is 6.03. The van der Waals surface area contributed by atoms with Crippen molar-refractivity contribution in [3.63, 3.8) is 0 Å². The number of hydrogen-bond donors (Lipinski definition) is 1. The zero-order chi connectivity index (χ0) is 16.1. The van der Waals surface area contributed by atoms with Gasteiger partial charge in [-0.1, -0.05) is 18.5 Å². The number of nitrogens with one attached hydrogen (secondary N) is 1. The minimum absolute atomic E-state index is 0. The first-order valence-corrected chi connectivity index (χ1v) is 8.39. The number of aromatic nitrogens is 2. The molecular weight excluding hydrogens is 445 g/mol. The van der Waals surface area contributed by atoms with Gasteiger partial charge in [-0.15, -0.1) is 35.3 Å². The molecule has 0 bridgehead atoms. The second-order valence-electron chi connectivity index (χ2n) is 5.09. The van der Waals surface area contributed by atoms with Crippen LogP contribution in [0.4, 0.5) is 0 Å². The predicted octanol–water partition coefficient (Wildman–Crippen LogP) is 3.52. The van der Waals surface area contributed by atoms with E-state index >= 15 is 0 Å². The van der Waals surface area contributed by atoms with Crippen molar-refractivity contribution in [2.24, 2.45) is 12.0 Å². The Morgan fingerprint density at radius 3 is 2.78 bits per heavy atom. The summed E-state index contributed by atoms with van der Waals surface area (Å²) in [5.74, 6) is 0.838. The highest BCUT2D eigenvalue weighted by molar-refractivity contribution is 14.0. The van der Waals surface area contributed by atoms with Crippen LogP contribution in [0.25, 0.3) is 0 Å². The summed E-state index contributed by atoms with van der Waals surface area (Å²) in [6, 6.07) is 1.97. The van der Waals surface area contributed by atoms with E-state index in [9.17, 15) is 0 Å². The van der Waals surface area contributed by atoms with E-state index in [4.69, 9.17) is 11.6 Å². The maximum Gasteiger partial charge on any atom is 0.194 e. The van der Waals surface area contributed by atoms with Crippen LogP contribution in [0.3, 0.4) is 0 Å². The Hall–Kier alpha value is -0.800. The van der Waals surface area contributed by atoms with Gasteiger partial charge >= 0.3 is 0 Å². The molecule has 5 nitrogen and oxygen atoms in total. The molecule has 0 aromatic carbocycles. The van der Waals surface area contributed by atoms with Gasteiger partial charge in [0.15, 0.2) is 5.96 Å². The number of nitrogens with zero attached hydrogens (tertiary/aromatic N) is 4. The van der Waals surface area contributed by atoms with E-state index in [2.05, 4.69) is 27.1 Å². The van der Waals surface area contributed by atoms with Crippen molar-refractivity contribution < 1.29 is 0 Å². The lowest BCUT2D eigenvalue weighted by molar-refractivity contribution is 0.461. The van der Waals surface area contributed by atoms with Gasteiger partial charge in [0, 0.05) is 44.1 Å². The summed E-state index contributed by atoms with van der Waals surface area (Å²) in [7, 11) is 5.79. The lowest BCUT2D eigenvalue weighted by atomic mass is 10.4. The van der Waals surface area contributed by atoms with Gasteiger partial charge in [-0.2, -0.15) is 0 Å². The third-order valence-corrected chi connectivity index (χ3v) is 4.74. The molecule has 0 aliphatic rings. The third kappa shape index (κ3) is 5.65. The number of rotatable bonds is 5. The lowest BCUT2D eigenvalue weighted by Crippen LogP contribution is -2.38. The first-order chi connectivity index (χ1) is 10.5. The van der Waals surface area contributed by atoms with Gasteiger partial charge in [0.2, 0.25) is 0 Å². The molecule has 8 heteroatoms. The molecule has 0 aliphatic carbocycles. The largest absolute Gasteiger partial charge is 0.351 e. The van der Waals surface area contributed by atoms with E-state index in [1.807, 2.05) is 37.1 Å². The Bertz CT molecular complexity index is 652. The highest BCUT2D eigenvalue weighted by Crippen LogP contribution is 2.15. The van der Waals surface area contributed by atoms with Crippen LogP contribution in [0.5, 0.6) is 0 Å². The fraction of sp³-hybridized carbons (Fsp3) is 0.467. The van der Waals surface area contributed by atoms with Crippen LogP contribution in [-0.2, 0) is 26.6 Å². The minimum atomic E-state index is 0. The van der Waals surface area contributed by atoms with Crippen molar-refractivity contribution >= 4 is 52.9 Å². The maximum atomic E-state index is 6.03. The molecule has 23 heavy (non-hydrogen) atoms. The Balaban J connectivity index is 0.00000264. The third-order valence-electron chi connectivity index (χ3n) is 3.39. The summed E-state index contributed by atoms with van der Waals surface area (Å²) < 4.78 is 2.03. The molecule has 0 spiro atoms. The topological polar surface area (TPSA) is 45.5 Å². The molecule has 2 aromatic rings. The molecule has 0 radical (unpaired) electrons. The van der Waals surface area contributed by atoms with Crippen molar-refractivity contribution in [2.75, 3.05) is 14.1 Å². The zero-order valence-electron chi connectivity index (χ0n) is 13.8. The second kappa shape index (κ2) is 9.48. The van der Waals surface area contributed by atoms with Crippen LogP contribution in [0.15, 0.2) is 23.5 Å². The van der Waals surface area contributed by atoms with E-state index in [-0.39, 0.29) is 24.0 Å². The fourth-order valence-electron chi connectivity index (χ4n) is 2.17. The summed E-state index contributed by atoms with van der Waals surface area (Å²) in [5, 5.41) is 5.18. The van der Waals surface area contributed by atoms with Crippen LogP contribution >= 0.6 is 46.9 Å². The number of aryl methyl sites for hydroxylation is 2. The number of aliphatic imine (C=N–C) groups is 1. The minimum Gasteiger partial charge on any atom is -0.351 e. The molecule has 0 atom stereocenters. The van der Waals surface area contributed by atoms with Gasteiger partial charge in [0.25, 0.3) is 0 Å². The summed E-state index contributed by atoms with van der Waals surface area (Å²) in [6.07, 6.45) is 4.88. The van der Waals surface area contributed by atoms with E-state index < -0.39 is 0 Å². The SMILES string of the molecule is CCc1cnc(CNC(=NC)N(C)Cc2cc(Cl)cn2C)s1.I. The zero-order valence-corrected chi connectivity index (χ0v) is 17.7. The molecule has 0 saturated carbocycles. The second-order valence-corrected chi connectivity index (χ2v) is 6.73. The lowest BCUT2D eigenvalue weighted by Gasteiger charge is -2.22. The monoisotopic (exact) mass is 467 g/mol. The standard InChI is InChI=1S/C15H22ClN5S.HI/c1-5-13-7-18-14(22-13)8-19-15(17-2)21(4)10-12-6-11(16)9-20(12)3;/h6-7,9H,5,8,10H2,1-4H3,(H,17,19);1H. The summed E-state index contributed by atoms with van der Waals surface area (Å²) in [4.78, 5) is 12.1. The van der Waals surface area contributed by atoms with Gasteiger partial charge in [0.1, 0.15) is 5.01 Å². The Morgan fingerprint density at radius 2 is 2.26 bits per heavy atom. The summed E-state index contributed by atoms with van der Waals surface area (Å²) in [6.45, 7) is 3.57. The normalized spacial score (nSPS) is 11.3. The van der Waals surface area contributed by atoms with Gasteiger partial charge in [0.05, 0.1) is 18.1 Å². The van der Waals surface area contributed by atoms with Crippen LogP contribution in [-0.4, -0.2) is 34.5 Å². The van der Waals surface area contributed by atoms with Gasteiger partial charge in [-0.05, 0) is 12.5 Å². The van der Waals surface area contributed by atoms with Crippen molar-refractivity contribution in [2.45, 2.75) is 26.4 Å². The molecule has 2 heterocycles. The predicted molar refractivity (Wildman–Crippen MR) is 109 cm³/mol. The number of guanidine groups is 1. The quantitative estimate of drug-likeness (QED) is 0.416. The average molecular weight is 468 g/mol. The molecule has 0 fully saturated rings. The highest BCUT2D eigenvalue weighted by atomic mass is 127. The highest BCUT2D eigenvalue weighted by Gasteiger charge is 2.10. The van der Waals surface area contributed by atoms with Crippen molar-refractivity contribution in [3.05, 3.63) is 39.1 Å². The van der Waals surface area contributed by atoms with Crippen molar-refractivity contribution in [3.8, 4) is 0 Å². The van der Waals surface area contributed by atoms with E-state index in [0.717, 1.165) is 34.6 Å². The summed E-state index contributed by atoms with van der Waals surface area (Å²) >= 11 is 7.77. The number of thiazole rings is 1. The Labute approximate surface area is 163 Å². The molecule has 2 aromatic heterocycles. The number of halogens is 2. The van der Waals surface area contributed by atoms with Gasteiger partial charge < -0.3 is 14.8 Å². The first-order valence-electron chi connectivity index (χ1n) is 7.19. The van der Waals surface area contributed by atoms with E-state index in [0.29, 0.717) is 6.54 Å². The van der Waals surface area contributed by atoms with Gasteiger partial charge in [-0.25, -0.2) is 4.98 Å².